The number of fused-ring (bicyclic) bond motifs is 3. The Bertz CT molecular complexity index is 1220. The van der Waals surface area contributed by atoms with Crippen molar-refractivity contribution in [2.45, 2.75) is 13.8 Å². The predicted molar refractivity (Wildman–Crippen MR) is 120 cm³/mol. The molecule has 0 radical (unpaired) electrons. The number of benzene rings is 3. The fourth-order valence-corrected chi connectivity index (χ4v) is 3.39. The minimum Gasteiger partial charge on any atom is -0.227 e. The van der Waals surface area contributed by atoms with E-state index in [1.807, 2.05) is 50.3 Å². The van der Waals surface area contributed by atoms with E-state index in [-0.39, 0.29) is 0 Å². The fraction of sp³-hybridized carbons (Fsp3) is 0.0769. The van der Waals surface area contributed by atoms with E-state index >= 15 is 0 Å². The predicted octanol–water partition coefficient (Wildman–Crippen LogP) is 6.99. The van der Waals surface area contributed by atoms with Crippen molar-refractivity contribution >= 4 is 27.2 Å². The van der Waals surface area contributed by atoms with Crippen molar-refractivity contribution < 1.29 is 0 Å². The van der Waals surface area contributed by atoms with Crippen LogP contribution in [0.25, 0.3) is 38.5 Å². The average molecular weight is 362 g/mol. The molecule has 0 amide bonds. The fourth-order valence-electron chi connectivity index (χ4n) is 3.39. The first kappa shape index (κ1) is 17.9. The zero-order chi connectivity index (χ0) is 19.3. The van der Waals surface area contributed by atoms with Crippen molar-refractivity contribution in [2.75, 3.05) is 0 Å². The lowest BCUT2D eigenvalue weighted by atomic mass is 10.0. The molecule has 0 atom stereocenters. The van der Waals surface area contributed by atoms with E-state index in [0.29, 0.717) is 0 Å². The second-order valence-corrected chi connectivity index (χ2v) is 6.59. The molecule has 2 nitrogen and oxygen atoms in total. The number of aromatic nitrogens is 2. The highest BCUT2D eigenvalue weighted by Gasteiger charge is 2.13. The van der Waals surface area contributed by atoms with Crippen LogP contribution in [0.5, 0.6) is 0 Å². The Morgan fingerprint density at radius 2 is 1.54 bits per heavy atom. The van der Waals surface area contributed by atoms with Crippen molar-refractivity contribution in [1.29, 1.82) is 0 Å². The Morgan fingerprint density at radius 3 is 2.32 bits per heavy atom. The summed E-state index contributed by atoms with van der Waals surface area (Å²) in [6.07, 6.45) is 10.2. The van der Waals surface area contributed by atoms with Gasteiger partial charge in [-0.1, -0.05) is 91.0 Å². The van der Waals surface area contributed by atoms with Crippen LogP contribution >= 0.6 is 0 Å². The summed E-state index contributed by atoms with van der Waals surface area (Å²) in [6, 6.07) is 23.0. The van der Waals surface area contributed by atoms with Gasteiger partial charge in [0.2, 0.25) is 0 Å². The van der Waals surface area contributed by atoms with Crippen molar-refractivity contribution in [3.8, 4) is 11.3 Å². The Balaban J connectivity index is 2.10. The van der Waals surface area contributed by atoms with E-state index in [2.05, 4.69) is 60.7 Å². The molecule has 4 rings (SSSR count). The quantitative estimate of drug-likeness (QED) is 0.289. The lowest BCUT2D eigenvalue weighted by Gasteiger charge is -2.11. The summed E-state index contributed by atoms with van der Waals surface area (Å²) in [6.45, 7) is 4.02. The van der Waals surface area contributed by atoms with Crippen LogP contribution in [0.2, 0.25) is 0 Å². The van der Waals surface area contributed by atoms with Gasteiger partial charge in [0, 0.05) is 21.9 Å². The van der Waals surface area contributed by atoms with Gasteiger partial charge in [-0.15, -0.1) is 0 Å². The molecular formula is C26H22N2. The third-order valence-electron chi connectivity index (χ3n) is 4.71. The molecule has 1 aromatic heterocycles. The van der Waals surface area contributed by atoms with Gasteiger partial charge in [0.1, 0.15) is 0 Å². The molecular weight excluding hydrogens is 340 g/mol. The highest BCUT2D eigenvalue weighted by Crippen LogP contribution is 2.32. The molecule has 3 aromatic carbocycles. The third kappa shape index (κ3) is 3.37. The van der Waals surface area contributed by atoms with Crippen molar-refractivity contribution in [3.05, 3.63) is 103 Å². The molecule has 0 aliphatic carbocycles. The van der Waals surface area contributed by atoms with Crippen LogP contribution in [0.3, 0.4) is 0 Å². The summed E-state index contributed by atoms with van der Waals surface area (Å²) in [4.78, 5) is 9.98. The maximum Gasteiger partial charge on any atom is 0.160 e. The van der Waals surface area contributed by atoms with Crippen LogP contribution in [-0.2, 0) is 0 Å². The van der Waals surface area contributed by atoms with Crippen molar-refractivity contribution in [3.63, 3.8) is 0 Å². The molecule has 0 unspecified atom stereocenters. The van der Waals surface area contributed by atoms with Crippen molar-refractivity contribution in [2.24, 2.45) is 0 Å². The van der Waals surface area contributed by atoms with Crippen LogP contribution < -0.4 is 0 Å². The summed E-state index contributed by atoms with van der Waals surface area (Å²) in [5, 5.41) is 3.40. The van der Waals surface area contributed by atoms with Gasteiger partial charge in [-0.3, -0.25) is 0 Å². The minimum atomic E-state index is 0.735. The molecule has 2 heteroatoms. The Labute approximate surface area is 165 Å². The summed E-state index contributed by atoms with van der Waals surface area (Å²) < 4.78 is 0. The Kier molecular flexibility index (Phi) is 5.11. The smallest absolute Gasteiger partial charge is 0.160 e. The molecule has 0 N–H and O–H groups in total. The summed E-state index contributed by atoms with van der Waals surface area (Å²) in [7, 11) is 0. The number of allylic oxidation sites excluding steroid dienone is 6. The third-order valence-corrected chi connectivity index (χ3v) is 4.71. The monoisotopic (exact) mass is 362 g/mol. The molecule has 4 aromatic rings. The summed E-state index contributed by atoms with van der Waals surface area (Å²) in [5.74, 6) is 0.735. The van der Waals surface area contributed by atoms with Gasteiger partial charge in [-0.2, -0.15) is 0 Å². The Hall–Kier alpha value is -3.52. The molecule has 136 valence electrons. The first-order valence-corrected chi connectivity index (χ1v) is 9.53. The van der Waals surface area contributed by atoms with E-state index in [1.54, 1.807) is 0 Å². The lowest BCUT2D eigenvalue weighted by Crippen LogP contribution is -1.98. The van der Waals surface area contributed by atoms with E-state index in [0.717, 1.165) is 38.9 Å². The molecule has 0 aliphatic rings. The van der Waals surface area contributed by atoms with Crippen LogP contribution in [0.15, 0.2) is 97.1 Å². The highest BCUT2D eigenvalue weighted by atomic mass is 14.9. The zero-order valence-electron chi connectivity index (χ0n) is 16.1. The molecule has 1 heterocycles. The van der Waals surface area contributed by atoms with Gasteiger partial charge in [0.05, 0.1) is 11.2 Å². The van der Waals surface area contributed by atoms with Crippen LogP contribution in [0.4, 0.5) is 0 Å². The van der Waals surface area contributed by atoms with Gasteiger partial charge in [0.25, 0.3) is 0 Å². The lowest BCUT2D eigenvalue weighted by molar-refractivity contribution is 1.18. The van der Waals surface area contributed by atoms with Crippen LogP contribution in [0.1, 0.15) is 19.7 Å². The zero-order valence-corrected chi connectivity index (χ0v) is 16.1. The number of nitrogens with zero attached hydrogens (tertiary/aromatic N) is 2. The van der Waals surface area contributed by atoms with Gasteiger partial charge in [0.15, 0.2) is 5.82 Å². The van der Waals surface area contributed by atoms with E-state index in [4.69, 9.17) is 9.97 Å². The van der Waals surface area contributed by atoms with Gasteiger partial charge in [-0.25, -0.2) is 9.97 Å². The second kappa shape index (κ2) is 8.01. The standard InChI is InChI=1S/C26H22N2/c1-3-5-12-21(11-4-2)26-27-24(20-14-7-6-8-15-20)23-18-17-19-13-9-10-16-22(19)25(23)28-26/h3-18H,1-2H3/b5-3-,11-4+,21-12+. The van der Waals surface area contributed by atoms with Crippen LogP contribution in [-0.4, -0.2) is 9.97 Å². The molecule has 0 saturated carbocycles. The molecule has 0 spiro atoms. The average Bonchev–Trinajstić information content (AvgIpc) is 2.76. The number of hydrogen-bond acceptors (Lipinski definition) is 2. The molecule has 0 bridgehead atoms. The normalized spacial score (nSPS) is 12.6. The van der Waals surface area contributed by atoms with Crippen LogP contribution in [0, 0.1) is 0 Å². The first-order valence-electron chi connectivity index (χ1n) is 9.53. The minimum absolute atomic E-state index is 0.735. The topological polar surface area (TPSA) is 25.8 Å². The summed E-state index contributed by atoms with van der Waals surface area (Å²) >= 11 is 0. The number of hydrogen-bond donors (Lipinski definition) is 0. The second-order valence-electron chi connectivity index (χ2n) is 6.59. The van der Waals surface area contributed by atoms with E-state index in [9.17, 15) is 0 Å². The van der Waals surface area contributed by atoms with Gasteiger partial charge in [-0.05, 0) is 25.3 Å². The highest BCUT2D eigenvalue weighted by molar-refractivity contribution is 6.09. The Morgan fingerprint density at radius 1 is 0.750 bits per heavy atom. The van der Waals surface area contributed by atoms with Gasteiger partial charge >= 0.3 is 0 Å². The molecule has 0 aliphatic heterocycles. The SMILES string of the molecule is C\C=C/C=C(\C=C\C)c1nc(-c2ccccc2)c2ccc3ccccc3c2n1. The molecule has 0 fully saturated rings. The first-order chi connectivity index (χ1) is 13.8. The molecule has 28 heavy (non-hydrogen) atoms. The largest absolute Gasteiger partial charge is 0.227 e. The van der Waals surface area contributed by atoms with Gasteiger partial charge < -0.3 is 0 Å². The van der Waals surface area contributed by atoms with E-state index < -0.39 is 0 Å². The summed E-state index contributed by atoms with van der Waals surface area (Å²) in [5.41, 5.74) is 4.03. The van der Waals surface area contributed by atoms with E-state index in [1.165, 1.54) is 5.39 Å². The maximum atomic E-state index is 5.00. The molecule has 0 saturated heterocycles. The maximum absolute atomic E-state index is 5.00. The van der Waals surface area contributed by atoms with Crippen molar-refractivity contribution in [1.82, 2.24) is 9.97 Å². The number of rotatable bonds is 4.